The first-order valence-corrected chi connectivity index (χ1v) is 5.46. The van der Waals surface area contributed by atoms with Gasteiger partial charge < -0.3 is 10.1 Å². The summed E-state index contributed by atoms with van der Waals surface area (Å²) in [6.45, 7) is 4.67. The molecule has 15 heavy (non-hydrogen) atoms. The summed E-state index contributed by atoms with van der Waals surface area (Å²) in [5.74, 6) is 1.15. The number of hydrogen-bond acceptors (Lipinski definition) is 4. The van der Waals surface area contributed by atoms with Crippen LogP contribution in [0.15, 0.2) is 6.07 Å². The first kappa shape index (κ1) is 10.6. The first-order valence-electron chi connectivity index (χ1n) is 5.09. The number of hydrogen-bond donors (Lipinski definition) is 1. The highest BCUT2D eigenvalue weighted by molar-refractivity contribution is 6.28. The molecule has 5 heteroatoms. The number of nitrogens with one attached hydrogen (secondary N) is 1. The lowest BCUT2D eigenvalue weighted by Crippen LogP contribution is -2.16. The molecule has 1 aliphatic heterocycles. The van der Waals surface area contributed by atoms with E-state index in [1.165, 1.54) is 0 Å². The number of aromatic nitrogens is 2. The predicted molar refractivity (Wildman–Crippen MR) is 58.3 cm³/mol. The molecule has 2 heterocycles. The van der Waals surface area contributed by atoms with Crippen molar-refractivity contribution >= 4 is 11.6 Å². The van der Waals surface area contributed by atoms with Crippen LogP contribution in [0.5, 0.6) is 5.88 Å². The van der Waals surface area contributed by atoms with Gasteiger partial charge in [-0.15, -0.1) is 0 Å². The number of aryl methyl sites for hydroxylation is 1. The quantitative estimate of drug-likeness (QED) is 0.794. The van der Waals surface area contributed by atoms with E-state index in [-0.39, 0.29) is 5.28 Å². The molecule has 1 N–H and O–H groups in total. The minimum atomic E-state index is 0.245. The Bertz CT molecular complexity index is 319. The number of ether oxygens (including phenoxy) is 1. The molecule has 1 saturated heterocycles. The maximum absolute atomic E-state index is 5.73. The molecule has 4 nitrogen and oxygen atoms in total. The average molecular weight is 228 g/mol. The van der Waals surface area contributed by atoms with Gasteiger partial charge >= 0.3 is 0 Å². The van der Waals surface area contributed by atoms with Crippen molar-refractivity contribution in [2.24, 2.45) is 5.92 Å². The summed E-state index contributed by atoms with van der Waals surface area (Å²) < 4.78 is 5.58. The van der Waals surface area contributed by atoms with Crippen LogP contribution < -0.4 is 10.1 Å². The van der Waals surface area contributed by atoms with E-state index in [9.17, 15) is 0 Å². The van der Waals surface area contributed by atoms with E-state index in [0.29, 0.717) is 18.4 Å². The molecule has 0 saturated carbocycles. The van der Waals surface area contributed by atoms with Crippen LogP contribution in [0.25, 0.3) is 0 Å². The largest absolute Gasteiger partial charge is 0.477 e. The molecule has 0 amide bonds. The van der Waals surface area contributed by atoms with Crippen LogP contribution in [0.2, 0.25) is 5.28 Å². The summed E-state index contributed by atoms with van der Waals surface area (Å²) in [6.07, 6.45) is 1.16. The molecule has 1 aromatic heterocycles. The van der Waals surface area contributed by atoms with E-state index in [2.05, 4.69) is 15.3 Å². The molecule has 1 unspecified atom stereocenters. The van der Waals surface area contributed by atoms with Gasteiger partial charge in [0.25, 0.3) is 0 Å². The highest BCUT2D eigenvalue weighted by Crippen LogP contribution is 2.14. The maximum atomic E-state index is 5.73. The van der Waals surface area contributed by atoms with Gasteiger partial charge in [-0.3, -0.25) is 0 Å². The Kier molecular flexibility index (Phi) is 3.38. The fourth-order valence-corrected chi connectivity index (χ4v) is 1.86. The lowest BCUT2D eigenvalue weighted by molar-refractivity contribution is 0.250. The zero-order chi connectivity index (χ0) is 10.7. The van der Waals surface area contributed by atoms with Crippen molar-refractivity contribution in [2.45, 2.75) is 13.3 Å². The van der Waals surface area contributed by atoms with Crippen LogP contribution in [-0.4, -0.2) is 29.7 Å². The van der Waals surface area contributed by atoms with Crippen molar-refractivity contribution in [1.29, 1.82) is 0 Å². The molecule has 0 radical (unpaired) electrons. The summed E-state index contributed by atoms with van der Waals surface area (Å²) in [6, 6.07) is 1.80. The molecule has 0 bridgehead atoms. The molecule has 0 aromatic carbocycles. The lowest BCUT2D eigenvalue weighted by atomic mass is 10.1. The van der Waals surface area contributed by atoms with E-state index in [1.54, 1.807) is 6.07 Å². The fourth-order valence-electron chi connectivity index (χ4n) is 1.64. The Morgan fingerprint density at radius 3 is 3.13 bits per heavy atom. The smallest absolute Gasteiger partial charge is 0.225 e. The number of nitrogens with zero attached hydrogens (tertiary/aromatic N) is 2. The number of rotatable bonds is 3. The summed E-state index contributed by atoms with van der Waals surface area (Å²) in [4.78, 5) is 7.98. The standard InChI is InChI=1S/C10H14ClN3O/c1-7-4-9(14-10(11)13-7)15-6-8-2-3-12-5-8/h4,8,12H,2-3,5-6H2,1H3. The third kappa shape index (κ3) is 3.04. The Balaban J connectivity index is 1.92. The van der Waals surface area contributed by atoms with Crippen molar-refractivity contribution in [1.82, 2.24) is 15.3 Å². The van der Waals surface area contributed by atoms with Crippen molar-refractivity contribution in [3.63, 3.8) is 0 Å². The molecular formula is C10H14ClN3O. The molecule has 82 valence electrons. The zero-order valence-electron chi connectivity index (χ0n) is 8.66. The van der Waals surface area contributed by atoms with Crippen LogP contribution in [0, 0.1) is 12.8 Å². The van der Waals surface area contributed by atoms with E-state index in [1.807, 2.05) is 6.92 Å². The topological polar surface area (TPSA) is 47.0 Å². The van der Waals surface area contributed by atoms with E-state index in [4.69, 9.17) is 16.3 Å². The summed E-state index contributed by atoms with van der Waals surface area (Å²) in [7, 11) is 0. The van der Waals surface area contributed by atoms with Crippen LogP contribution in [0.4, 0.5) is 0 Å². The van der Waals surface area contributed by atoms with Crippen LogP contribution in [0.3, 0.4) is 0 Å². The van der Waals surface area contributed by atoms with Gasteiger partial charge in [-0.2, -0.15) is 4.98 Å². The summed E-state index contributed by atoms with van der Waals surface area (Å²) in [5, 5.41) is 3.54. The van der Waals surface area contributed by atoms with Gasteiger partial charge in [0.05, 0.1) is 6.61 Å². The predicted octanol–water partition coefficient (Wildman–Crippen LogP) is 1.43. The average Bonchev–Trinajstić information content (AvgIpc) is 2.65. The number of halogens is 1. The fraction of sp³-hybridized carbons (Fsp3) is 0.600. The lowest BCUT2D eigenvalue weighted by Gasteiger charge is -2.10. The highest BCUT2D eigenvalue weighted by atomic mass is 35.5. The van der Waals surface area contributed by atoms with Gasteiger partial charge in [0.2, 0.25) is 11.2 Å². The van der Waals surface area contributed by atoms with Gasteiger partial charge in [0.1, 0.15) is 0 Å². The van der Waals surface area contributed by atoms with Gasteiger partial charge in [-0.1, -0.05) is 0 Å². The molecule has 2 rings (SSSR count). The van der Waals surface area contributed by atoms with Gasteiger partial charge in [0.15, 0.2) is 0 Å². The first-order chi connectivity index (χ1) is 7.24. The van der Waals surface area contributed by atoms with E-state index < -0.39 is 0 Å². The minimum absolute atomic E-state index is 0.245. The Morgan fingerprint density at radius 1 is 1.60 bits per heavy atom. The van der Waals surface area contributed by atoms with E-state index in [0.717, 1.165) is 25.2 Å². The van der Waals surface area contributed by atoms with Gasteiger partial charge in [-0.05, 0) is 31.5 Å². The summed E-state index contributed by atoms with van der Waals surface area (Å²) >= 11 is 5.73. The van der Waals surface area contributed by atoms with Crippen molar-refractivity contribution in [3.05, 3.63) is 17.0 Å². The molecule has 1 atom stereocenters. The van der Waals surface area contributed by atoms with Crippen molar-refractivity contribution < 1.29 is 4.74 Å². The second kappa shape index (κ2) is 4.77. The third-order valence-corrected chi connectivity index (χ3v) is 2.60. The third-order valence-electron chi connectivity index (χ3n) is 2.43. The SMILES string of the molecule is Cc1cc(OCC2CCNC2)nc(Cl)n1. The maximum Gasteiger partial charge on any atom is 0.225 e. The Labute approximate surface area is 94.0 Å². The molecule has 1 aliphatic rings. The highest BCUT2D eigenvalue weighted by Gasteiger charge is 2.15. The zero-order valence-corrected chi connectivity index (χ0v) is 9.42. The summed E-state index contributed by atoms with van der Waals surface area (Å²) in [5.41, 5.74) is 0.828. The molecular weight excluding hydrogens is 214 g/mol. The second-order valence-corrected chi connectivity index (χ2v) is 4.12. The normalized spacial score (nSPS) is 20.5. The van der Waals surface area contributed by atoms with Crippen molar-refractivity contribution in [3.8, 4) is 5.88 Å². The van der Waals surface area contributed by atoms with Crippen molar-refractivity contribution in [2.75, 3.05) is 19.7 Å². The molecule has 0 spiro atoms. The minimum Gasteiger partial charge on any atom is -0.477 e. The van der Waals surface area contributed by atoms with E-state index >= 15 is 0 Å². The molecule has 0 aliphatic carbocycles. The molecule has 1 fully saturated rings. The molecule has 1 aromatic rings. The van der Waals surface area contributed by atoms with Gasteiger partial charge in [-0.25, -0.2) is 4.98 Å². The van der Waals surface area contributed by atoms with Crippen LogP contribution >= 0.6 is 11.6 Å². The Hall–Kier alpha value is -0.870. The monoisotopic (exact) mass is 227 g/mol. The second-order valence-electron chi connectivity index (χ2n) is 3.79. The van der Waals surface area contributed by atoms with Gasteiger partial charge in [0, 0.05) is 24.2 Å². The Morgan fingerprint density at radius 2 is 2.47 bits per heavy atom. The van der Waals surface area contributed by atoms with Crippen LogP contribution in [-0.2, 0) is 0 Å². The van der Waals surface area contributed by atoms with Crippen LogP contribution in [0.1, 0.15) is 12.1 Å².